The van der Waals surface area contributed by atoms with E-state index in [4.69, 9.17) is 5.26 Å². The van der Waals surface area contributed by atoms with Crippen LogP contribution in [-0.2, 0) is 0 Å². The van der Waals surface area contributed by atoms with E-state index in [1.54, 1.807) is 24.3 Å². The highest BCUT2D eigenvalue weighted by molar-refractivity contribution is 5.96. The summed E-state index contributed by atoms with van der Waals surface area (Å²) in [5.41, 5.74) is 1.92. The number of phenolic OH excluding ortho intramolecular Hbond substituents is 1. The van der Waals surface area contributed by atoms with E-state index < -0.39 is 0 Å². The van der Waals surface area contributed by atoms with Gasteiger partial charge in [-0.1, -0.05) is 24.3 Å². The molecule has 2 aromatic rings. The van der Waals surface area contributed by atoms with Crippen molar-refractivity contribution in [3.05, 3.63) is 65.2 Å². The molecule has 0 radical (unpaired) electrons. The van der Waals surface area contributed by atoms with Crippen LogP contribution in [0.1, 0.15) is 34.5 Å². The van der Waals surface area contributed by atoms with Crippen molar-refractivity contribution in [2.75, 3.05) is 13.1 Å². The first kappa shape index (κ1) is 16.5. The van der Waals surface area contributed by atoms with Crippen LogP contribution >= 0.6 is 0 Å². The van der Waals surface area contributed by atoms with Crippen molar-refractivity contribution < 1.29 is 9.90 Å². The van der Waals surface area contributed by atoms with Gasteiger partial charge in [-0.25, -0.2) is 0 Å². The number of para-hydroxylation sites is 1. The van der Waals surface area contributed by atoms with E-state index in [2.05, 4.69) is 16.7 Å². The van der Waals surface area contributed by atoms with Crippen LogP contribution < -0.4 is 10.6 Å². The topological polar surface area (TPSA) is 85.2 Å². The summed E-state index contributed by atoms with van der Waals surface area (Å²) < 4.78 is 0. The molecule has 0 aromatic heterocycles. The quantitative estimate of drug-likeness (QED) is 0.715. The number of aromatic hydroxyl groups is 1. The van der Waals surface area contributed by atoms with Crippen LogP contribution in [0.3, 0.4) is 0 Å². The third kappa shape index (κ3) is 4.56. The second-order valence-electron chi connectivity index (χ2n) is 5.19. The first-order valence-corrected chi connectivity index (χ1v) is 7.41. The van der Waals surface area contributed by atoms with Gasteiger partial charge in [-0.05, 0) is 36.8 Å². The molecule has 3 N–H and O–H groups in total. The van der Waals surface area contributed by atoms with E-state index in [1.807, 2.05) is 25.1 Å². The number of nitrogens with one attached hydrogen (secondary N) is 2. The number of nitrogens with zero attached hydrogens (tertiary/aromatic N) is 1. The summed E-state index contributed by atoms with van der Waals surface area (Å²) in [6.07, 6.45) is 0. The standard InChI is InChI=1S/C18H19N3O2/c1-13(15-6-4-5-14(11-15)12-19)20-9-10-21-18(23)16-7-2-3-8-17(16)22/h2-8,11,13,20,22H,9-10H2,1H3,(H,21,23). The first-order chi connectivity index (χ1) is 11.1. The molecule has 23 heavy (non-hydrogen) atoms. The molecule has 0 saturated heterocycles. The molecule has 1 amide bonds. The molecule has 0 fully saturated rings. The number of amides is 1. The second-order valence-corrected chi connectivity index (χ2v) is 5.19. The zero-order chi connectivity index (χ0) is 16.7. The van der Waals surface area contributed by atoms with E-state index >= 15 is 0 Å². The Morgan fingerprint density at radius 2 is 2.00 bits per heavy atom. The Morgan fingerprint density at radius 1 is 1.22 bits per heavy atom. The van der Waals surface area contributed by atoms with Crippen LogP contribution in [0.5, 0.6) is 5.75 Å². The summed E-state index contributed by atoms with van der Waals surface area (Å²) in [5.74, 6) is -0.330. The molecular formula is C18H19N3O2. The summed E-state index contributed by atoms with van der Waals surface area (Å²) in [6.45, 7) is 3.02. The summed E-state index contributed by atoms with van der Waals surface area (Å²) in [7, 11) is 0. The molecule has 0 aliphatic rings. The van der Waals surface area contributed by atoms with Gasteiger partial charge in [0, 0.05) is 19.1 Å². The maximum Gasteiger partial charge on any atom is 0.255 e. The minimum atomic E-state index is -0.302. The second kappa shape index (κ2) is 7.97. The normalized spacial score (nSPS) is 11.5. The Bertz CT molecular complexity index is 722. The van der Waals surface area contributed by atoms with Gasteiger partial charge in [0.05, 0.1) is 17.2 Å². The molecule has 0 heterocycles. The molecular weight excluding hydrogens is 290 g/mol. The Balaban J connectivity index is 1.80. The van der Waals surface area contributed by atoms with Crippen LogP contribution in [0, 0.1) is 11.3 Å². The predicted molar refractivity (Wildman–Crippen MR) is 88.0 cm³/mol. The minimum absolute atomic E-state index is 0.0281. The molecule has 0 bridgehead atoms. The van der Waals surface area contributed by atoms with Crippen molar-refractivity contribution >= 4 is 5.91 Å². The van der Waals surface area contributed by atoms with Gasteiger partial charge in [0.2, 0.25) is 0 Å². The number of phenols is 1. The van der Waals surface area contributed by atoms with Crippen LogP contribution in [0.15, 0.2) is 48.5 Å². The molecule has 5 heteroatoms. The number of hydrogen-bond donors (Lipinski definition) is 3. The van der Waals surface area contributed by atoms with Gasteiger partial charge in [-0.2, -0.15) is 5.26 Å². The molecule has 0 saturated carbocycles. The average molecular weight is 309 g/mol. The number of carbonyl (C=O) groups is 1. The molecule has 0 aliphatic heterocycles. The van der Waals surface area contributed by atoms with E-state index in [0.717, 1.165) is 5.56 Å². The lowest BCUT2D eigenvalue weighted by Crippen LogP contribution is -2.33. The molecule has 2 rings (SSSR count). The molecule has 5 nitrogen and oxygen atoms in total. The fourth-order valence-electron chi connectivity index (χ4n) is 2.22. The number of carbonyl (C=O) groups excluding carboxylic acids is 1. The molecule has 2 aromatic carbocycles. The highest BCUT2D eigenvalue weighted by Crippen LogP contribution is 2.15. The van der Waals surface area contributed by atoms with Crippen LogP contribution in [-0.4, -0.2) is 24.1 Å². The maximum atomic E-state index is 11.9. The van der Waals surface area contributed by atoms with Crippen molar-refractivity contribution in [3.8, 4) is 11.8 Å². The van der Waals surface area contributed by atoms with Crippen molar-refractivity contribution in [3.63, 3.8) is 0 Å². The summed E-state index contributed by atoms with van der Waals surface area (Å²) in [6, 6.07) is 16.1. The van der Waals surface area contributed by atoms with Gasteiger partial charge in [-0.3, -0.25) is 4.79 Å². The maximum absolute atomic E-state index is 11.9. The fraction of sp³-hybridized carbons (Fsp3) is 0.222. The lowest BCUT2D eigenvalue weighted by Gasteiger charge is -2.15. The lowest BCUT2D eigenvalue weighted by molar-refractivity contribution is 0.0951. The van der Waals surface area contributed by atoms with Crippen LogP contribution in [0.2, 0.25) is 0 Å². The van der Waals surface area contributed by atoms with Crippen LogP contribution in [0.25, 0.3) is 0 Å². The van der Waals surface area contributed by atoms with E-state index in [0.29, 0.717) is 18.7 Å². The first-order valence-electron chi connectivity index (χ1n) is 7.41. The summed E-state index contributed by atoms with van der Waals surface area (Å²) in [4.78, 5) is 11.9. The third-order valence-corrected chi connectivity index (χ3v) is 3.53. The molecule has 0 aliphatic carbocycles. The highest BCUT2D eigenvalue weighted by atomic mass is 16.3. The van der Waals surface area contributed by atoms with E-state index in [-0.39, 0.29) is 23.3 Å². The molecule has 118 valence electrons. The zero-order valence-corrected chi connectivity index (χ0v) is 12.9. The Morgan fingerprint density at radius 3 is 2.74 bits per heavy atom. The van der Waals surface area contributed by atoms with Gasteiger partial charge in [-0.15, -0.1) is 0 Å². The zero-order valence-electron chi connectivity index (χ0n) is 12.9. The van der Waals surface area contributed by atoms with Crippen molar-refractivity contribution in [2.24, 2.45) is 0 Å². The van der Waals surface area contributed by atoms with Gasteiger partial charge in [0.25, 0.3) is 5.91 Å². The Labute approximate surface area is 135 Å². The average Bonchev–Trinajstić information content (AvgIpc) is 2.58. The Hall–Kier alpha value is -2.84. The third-order valence-electron chi connectivity index (χ3n) is 3.53. The van der Waals surface area contributed by atoms with E-state index in [1.165, 1.54) is 6.07 Å². The molecule has 1 unspecified atom stereocenters. The van der Waals surface area contributed by atoms with Crippen LogP contribution in [0.4, 0.5) is 0 Å². The van der Waals surface area contributed by atoms with Crippen molar-refractivity contribution in [2.45, 2.75) is 13.0 Å². The summed E-state index contributed by atoms with van der Waals surface area (Å²) in [5, 5.41) is 24.6. The summed E-state index contributed by atoms with van der Waals surface area (Å²) >= 11 is 0. The van der Waals surface area contributed by atoms with Crippen molar-refractivity contribution in [1.82, 2.24) is 10.6 Å². The number of hydrogen-bond acceptors (Lipinski definition) is 4. The van der Waals surface area contributed by atoms with Gasteiger partial charge >= 0.3 is 0 Å². The lowest BCUT2D eigenvalue weighted by atomic mass is 10.1. The minimum Gasteiger partial charge on any atom is -0.507 e. The SMILES string of the molecule is CC(NCCNC(=O)c1ccccc1O)c1cccc(C#N)c1. The smallest absolute Gasteiger partial charge is 0.255 e. The van der Waals surface area contributed by atoms with Crippen molar-refractivity contribution in [1.29, 1.82) is 5.26 Å². The molecule has 0 spiro atoms. The monoisotopic (exact) mass is 309 g/mol. The van der Waals surface area contributed by atoms with Gasteiger partial charge in [0.1, 0.15) is 5.75 Å². The number of rotatable bonds is 6. The number of nitriles is 1. The highest BCUT2D eigenvalue weighted by Gasteiger charge is 2.10. The van der Waals surface area contributed by atoms with Gasteiger partial charge < -0.3 is 15.7 Å². The van der Waals surface area contributed by atoms with Gasteiger partial charge in [0.15, 0.2) is 0 Å². The fourth-order valence-corrected chi connectivity index (χ4v) is 2.22. The Kier molecular flexibility index (Phi) is 5.73. The molecule has 1 atom stereocenters. The predicted octanol–water partition coefficient (Wildman–Crippen LogP) is 2.34. The largest absolute Gasteiger partial charge is 0.507 e. The van der Waals surface area contributed by atoms with E-state index in [9.17, 15) is 9.90 Å². The number of benzene rings is 2.